The number of carbonyl (C=O) groups excluding carboxylic acids is 1. The minimum atomic E-state index is -0.847. The first-order valence-electron chi connectivity index (χ1n) is 5.74. The number of hydrogen-bond donors (Lipinski definition) is 3. The van der Waals surface area contributed by atoms with Gasteiger partial charge in [0.15, 0.2) is 0 Å². The molecule has 1 aliphatic rings. The van der Waals surface area contributed by atoms with Gasteiger partial charge in [-0.05, 0) is 20.8 Å². The summed E-state index contributed by atoms with van der Waals surface area (Å²) in [6, 6.07) is 0.229. The molecule has 0 aromatic carbocycles. The van der Waals surface area contributed by atoms with Gasteiger partial charge in [0.2, 0.25) is 5.91 Å². The van der Waals surface area contributed by atoms with Gasteiger partial charge in [0.1, 0.15) is 0 Å². The molecule has 0 aliphatic carbocycles. The zero-order valence-electron chi connectivity index (χ0n) is 10.6. The first-order chi connectivity index (χ1) is 7.29. The van der Waals surface area contributed by atoms with E-state index in [1.54, 1.807) is 25.8 Å². The number of amides is 1. The highest BCUT2D eigenvalue weighted by Gasteiger charge is 2.28. The smallest absolute Gasteiger partial charge is 0.240 e. The predicted molar refractivity (Wildman–Crippen MR) is 63.2 cm³/mol. The molecule has 1 aliphatic heterocycles. The lowest BCUT2D eigenvalue weighted by Crippen LogP contribution is -2.59. The first-order valence-corrected chi connectivity index (χ1v) is 5.74. The Balaban J connectivity index is 2.45. The van der Waals surface area contributed by atoms with Gasteiger partial charge in [-0.25, -0.2) is 0 Å². The van der Waals surface area contributed by atoms with Crippen molar-refractivity contribution < 1.29 is 9.90 Å². The fourth-order valence-corrected chi connectivity index (χ4v) is 1.88. The maximum Gasteiger partial charge on any atom is 0.240 e. The molecule has 16 heavy (non-hydrogen) atoms. The van der Waals surface area contributed by atoms with Crippen LogP contribution in [0.3, 0.4) is 0 Å². The molecule has 94 valence electrons. The molecule has 0 radical (unpaired) electrons. The molecule has 1 saturated heterocycles. The minimum absolute atomic E-state index is 0.0292. The molecule has 0 aromatic heterocycles. The molecule has 5 heteroatoms. The van der Waals surface area contributed by atoms with Crippen LogP contribution in [-0.4, -0.2) is 60.3 Å². The zero-order chi connectivity index (χ0) is 12.3. The van der Waals surface area contributed by atoms with Crippen molar-refractivity contribution in [1.82, 2.24) is 15.5 Å². The van der Waals surface area contributed by atoms with E-state index < -0.39 is 5.60 Å². The topological polar surface area (TPSA) is 64.6 Å². The Labute approximate surface area is 97.2 Å². The Morgan fingerprint density at radius 1 is 1.44 bits per heavy atom. The van der Waals surface area contributed by atoms with Gasteiger partial charge in [0.05, 0.1) is 11.6 Å². The van der Waals surface area contributed by atoms with Gasteiger partial charge in [-0.2, -0.15) is 0 Å². The van der Waals surface area contributed by atoms with E-state index in [9.17, 15) is 9.90 Å². The summed E-state index contributed by atoms with van der Waals surface area (Å²) >= 11 is 0. The van der Waals surface area contributed by atoms with E-state index in [1.807, 2.05) is 0 Å². The summed E-state index contributed by atoms with van der Waals surface area (Å²) in [5.41, 5.74) is -0.847. The minimum Gasteiger partial charge on any atom is -0.389 e. The van der Waals surface area contributed by atoms with E-state index >= 15 is 0 Å². The van der Waals surface area contributed by atoms with E-state index in [-0.39, 0.29) is 11.9 Å². The lowest BCUT2D eigenvalue weighted by Gasteiger charge is -2.33. The number of nitrogens with one attached hydrogen (secondary N) is 2. The van der Waals surface area contributed by atoms with E-state index in [0.29, 0.717) is 19.1 Å². The van der Waals surface area contributed by atoms with E-state index in [0.717, 1.165) is 6.54 Å². The molecule has 1 fully saturated rings. The Morgan fingerprint density at radius 2 is 2.06 bits per heavy atom. The number of aliphatic hydroxyl groups is 1. The van der Waals surface area contributed by atoms with Crippen LogP contribution in [0.25, 0.3) is 0 Å². The number of likely N-dealkylation sites (N-methyl/N-ethyl adjacent to an activating group) is 1. The number of rotatable bonds is 3. The van der Waals surface area contributed by atoms with Crippen LogP contribution < -0.4 is 10.6 Å². The fourth-order valence-electron chi connectivity index (χ4n) is 1.88. The van der Waals surface area contributed by atoms with Crippen molar-refractivity contribution in [2.45, 2.75) is 38.5 Å². The van der Waals surface area contributed by atoms with Crippen LogP contribution in [0.4, 0.5) is 0 Å². The van der Waals surface area contributed by atoms with Crippen LogP contribution in [0.5, 0.6) is 0 Å². The molecule has 0 spiro atoms. The van der Waals surface area contributed by atoms with E-state index in [1.165, 1.54) is 0 Å². The van der Waals surface area contributed by atoms with E-state index in [4.69, 9.17) is 0 Å². The largest absolute Gasteiger partial charge is 0.389 e. The predicted octanol–water partition coefficient (Wildman–Crippen LogP) is -0.834. The second-order valence-electron chi connectivity index (χ2n) is 5.28. The summed E-state index contributed by atoms with van der Waals surface area (Å²) in [5, 5.41) is 16.1. The summed E-state index contributed by atoms with van der Waals surface area (Å²) in [6.07, 6.45) is 0. The standard InChI is InChI=1S/C11H23N3O2/c1-8-5-13-9(6-12-8)10(15)14(4)7-11(2,3)16/h8-9,12-13,16H,5-7H2,1-4H3. The fraction of sp³-hybridized carbons (Fsp3) is 0.909. The van der Waals surface area contributed by atoms with Crippen LogP contribution in [0, 0.1) is 0 Å². The second-order valence-corrected chi connectivity index (χ2v) is 5.28. The molecule has 1 rings (SSSR count). The molecule has 5 nitrogen and oxygen atoms in total. The van der Waals surface area contributed by atoms with Gasteiger partial charge in [-0.3, -0.25) is 4.79 Å². The molecular weight excluding hydrogens is 206 g/mol. The average molecular weight is 229 g/mol. The molecule has 1 heterocycles. The number of carbonyl (C=O) groups is 1. The Morgan fingerprint density at radius 3 is 2.50 bits per heavy atom. The van der Waals surface area contributed by atoms with Crippen molar-refractivity contribution in [2.75, 3.05) is 26.7 Å². The highest BCUT2D eigenvalue weighted by Crippen LogP contribution is 2.05. The zero-order valence-corrected chi connectivity index (χ0v) is 10.6. The maximum atomic E-state index is 12.0. The van der Waals surface area contributed by atoms with Crippen molar-refractivity contribution >= 4 is 5.91 Å². The average Bonchev–Trinajstić information content (AvgIpc) is 2.15. The van der Waals surface area contributed by atoms with Crippen LogP contribution in [-0.2, 0) is 4.79 Å². The molecule has 2 unspecified atom stereocenters. The summed E-state index contributed by atoms with van der Waals surface area (Å²) < 4.78 is 0. The Hall–Kier alpha value is -0.650. The van der Waals surface area contributed by atoms with Crippen molar-refractivity contribution in [3.05, 3.63) is 0 Å². The second kappa shape index (κ2) is 5.12. The number of hydrogen-bond acceptors (Lipinski definition) is 4. The third-order valence-electron chi connectivity index (χ3n) is 2.64. The van der Waals surface area contributed by atoms with Gasteiger partial charge in [-0.1, -0.05) is 0 Å². The number of piperazine rings is 1. The van der Waals surface area contributed by atoms with Crippen molar-refractivity contribution in [2.24, 2.45) is 0 Å². The van der Waals surface area contributed by atoms with Crippen LogP contribution in [0.1, 0.15) is 20.8 Å². The lowest BCUT2D eigenvalue weighted by molar-refractivity contribution is -0.135. The maximum absolute atomic E-state index is 12.0. The monoisotopic (exact) mass is 229 g/mol. The Bertz CT molecular complexity index is 242. The highest BCUT2D eigenvalue weighted by molar-refractivity contribution is 5.82. The summed E-state index contributed by atoms with van der Waals surface area (Å²) in [6.45, 7) is 7.27. The third kappa shape index (κ3) is 4.08. The van der Waals surface area contributed by atoms with Crippen LogP contribution in [0.2, 0.25) is 0 Å². The van der Waals surface area contributed by atoms with Crippen molar-refractivity contribution in [1.29, 1.82) is 0 Å². The third-order valence-corrected chi connectivity index (χ3v) is 2.64. The molecule has 0 bridgehead atoms. The van der Waals surface area contributed by atoms with Gasteiger partial charge in [-0.15, -0.1) is 0 Å². The van der Waals surface area contributed by atoms with E-state index in [2.05, 4.69) is 17.6 Å². The Kier molecular flexibility index (Phi) is 4.29. The molecule has 0 aromatic rings. The van der Waals surface area contributed by atoms with Gasteiger partial charge < -0.3 is 20.6 Å². The number of nitrogens with zero attached hydrogens (tertiary/aromatic N) is 1. The van der Waals surface area contributed by atoms with Crippen molar-refractivity contribution in [3.8, 4) is 0 Å². The van der Waals surface area contributed by atoms with Crippen molar-refractivity contribution in [3.63, 3.8) is 0 Å². The normalized spacial score (nSPS) is 26.6. The lowest BCUT2D eigenvalue weighted by atomic mass is 10.1. The summed E-state index contributed by atoms with van der Waals surface area (Å²) in [4.78, 5) is 13.6. The highest BCUT2D eigenvalue weighted by atomic mass is 16.3. The molecule has 2 atom stereocenters. The summed E-state index contributed by atoms with van der Waals surface area (Å²) in [7, 11) is 1.72. The molecule has 3 N–H and O–H groups in total. The first kappa shape index (κ1) is 13.4. The molecule has 0 saturated carbocycles. The van der Waals surface area contributed by atoms with Gasteiger partial charge in [0, 0.05) is 32.7 Å². The SMILES string of the molecule is CC1CNC(C(=O)N(C)CC(C)(C)O)CN1. The molecule has 1 amide bonds. The van der Waals surface area contributed by atoms with Crippen LogP contribution >= 0.6 is 0 Å². The van der Waals surface area contributed by atoms with Gasteiger partial charge >= 0.3 is 0 Å². The molecular formula is C11H23N3O2. The van der Waals surface area contributed by atoms with Gasteiger partial charge in [0.25, 0.3) is 0 Å². The quantitative estimate of drug-likeness (QED) is 0.591. The summed E-state index contributed by atoms with van der Waals surface area (Å²) in [5.74, 6) is 0.0292. The van der Waals surface area contributed by atoms with Crippen LogP contribution in [0.15, 0.2) is 0 Å².